The van der Waals surface area contributed by atoms with Gasteiger partial charge in [0.1, 0.15) is 0 Å². The third-order valence-corrected chi connectivity index (χ3v) is 3.22. The van der Waals surface area contributed by atoms with Crippen molar-refractivity contribution in [2.45, 2.75) is 13.8 Å². The number of rotatable bonds is 3. The molecule has 0 heterocycles. The molecule has 0 aliphatic rings. The lowest BCUT2D eigenvalue weighted by Gasteiger charge is -2.01. The fourth-order valence-corrected chi connectivity index (χ4v) is 2.05. The van der Waals surface area contributed by atoms with E-state index in [2.05, 4.69) is 0 Å². The van der Waals surface area contributed by atoms with Crippen LogP contribution in [0.15, 0.2) is 53.3 Å². The van der Waals surface area contributed by atoms with Crippen LogP contribution >= 0.6 is 0 Å². The van der Waals surface area contributed by atoms with Crippen LogP contribution in [0.25, 0.3) is 6.08 Å². The lowest BCUT2D eigenvalue weighted by atomic mass is 10.0. The van der Waals surface area contributed by atoms with Gasteiger partial charge in [-0.2, -0.15) is 0 Å². The maximum atomic E-state index is 12.1. The van der Waals surface area contributed by atoms with Crippen molar-refractivity contribution in [1.82, 2.24) is 0 Å². The normalized spacial score (nSPS) is 10.8. The third-order valence-electron chi connectivity index (χ3n) is 3.22. The van der Waals surface area contributed by atoms with Crippen molar-refractivity contribution in [3.05, 3.63) is 81.0 Å². The molecular weight excluding hydrogens is 264 g/mol. The number of aryl methyl sites for hydroxylation is 2. The molecule has 0 amide bonds. The summed E-state index contributed by atoms with van der Waals surface area (Å²) in [4.78, 5) is 23.6. The van der Waals surface area contributed by atoms with Gasteiger partial charge >= 0.3 is 0 Å². The van der Waals surface area contributed by atoms with E-state index in [9.17, 15) is 14.7 Å². The molecule has 106 valence electrons. The molecule has 0 fully saturated rings. The van der Waals surface area contributed by atoms with Crippen LogP contribution in [0.4, 0.5) is 0 Å². The van der Waals surface area contributed by atoms with Gasteiger partial charge in [0.15, 0.2) is 11.5 Å². The first-order valence-corrected chi connectivity index (χ1v) is 6.61. The van der Waals surface area contributed by atoms with E-state index >= 15 is 0 Å². The second kappa shape index (κ2) is 6.18. The Morgan fingerprint density at radius 1 is 1.10 bits per heavy atom. The van der Waals surface area contributed by atoms with Gasteiger partial charge in [0.2, 0.25) is 5.43 Å². The van der Waals surface area contributed by atoms with Gasteiger partial charge in [-0.05, 0) is 43.2 Å². The molecule has 0 spiro atoms. The van der Waals surface area contributed by atoms with E-state index in [0.717, 1.165) is 16.7 Å². The van der Waals surface area contributed by atoms with Crippen molar-refractivity contribution in [2.75, 3.05) is 0 Å². The van der Waals surface area contributed by atoms with Crippen LogP contribution in [0.1, 0.15) is 27.0 Å². The Bertz CT molecular complexity index is 774. The van der Waals surface area contributed by atoms with Crippen LogP contribution in [-0.4, -0.2) is 10.9 Å². The molecule has 0 unspecified atom stereocenters. The van der Waals surface area contributed by atoms with E-state index in [1.54, 1.807) is 12.1 Å². The van der Waals surface area contributed by atoms with Crippen molar-refractivity contribution in [3.8, 4) is 5.75 Å². The Kier molecular flexibility index (Phi) is 4.33. The van der Waals surface area contributed by atoms with Crippen LogP contribution in [0.5, 0.6) is 5.75 Å². The van der Waals surface area contributed by atoms with E-state index < -0.39 is 17.0 Å². The average Bonchev–Trinajstić information content (AvgIpc) is 2.60. The number of benzene rings is 1. The Morgan fingerprint density at radius 3 is 2.52 bits per heavy atom. The minimum Gasteiger partial charge on any atom is -0.504 e. The first-order valence-electron chi connectivity index (χ1n) is 6.61. The van der Waals surface area contributed by atoms with Gasteiger partial charge in [-0.3, -0.25) is 9.59 Å². The standard InChI is InChI=1S/C18H16O3/c1-12-7-8-14(13(2)11-12)9-10-16(19)15-5-3-4-6-17(20)18(15)21/h3-11H,1-2H3,(H,20,21)/b10-9+. The lowest BCUT2D eigenvalue weighted by molar-refractivity contribution is 0.104. The van der Waals surface area contributed by atoms with Gasteiger partial charge in [0, 0.05) is 0 Å². The van der Waals surface area contributed by atoms with E-state index in [1.807, 2.05) is 32.0 Å². The van der Waals surface area contributed by atoms with Crippen molar-refractivity contribution in [1.29, 1.82) is 0 Å². The summed E-state index contributed by atoms with van der Waals surface area (Å²) in [5.74, 6) is -0.920. The summed E-state index contributed by atoms with van der Waals surface area (Å²) in [6, 6.07) is 11.6. The quantitative estimate of drug-likeness (QED) is 0.693. The minimum atomic E-state index is -0.566. The Morgan fingerprint density at radius 2 is 1.81 bits per heavy atom. The number of hydrogen-bond donors (Lipinski definition) is 1. The van der Waals surface area contributed by atoms with Gasteiger partial charge in [-0.15, -0.1) is 0 Å². The molecule has 2 aromatic carbocycles. The molecule has 2 aromatic rings. The van der Waals surface area contributed by atoms with Gasteiger partial charge < -0.3 is 5.11 Å². The largest absolute Gasteiger partial charge is 0.504 e. The van der Waals surface area contributed by atoms with E-state index in [4.69, 9.17) is 0 Å². The molecule has 2 rings (SSSR count). The lowest BCUT2D eigenvalue weighted by Crippen LogP contribution is -2.01. The molecule has 0 bridgehead atoms. The summed E-state index contributed by atoms with van der Waals surface area (Å²) < 4.78 is 0. The van der Waals surface area contributed by atoms with Crippen molar-refractivity contribution >= 4 is 11.9 Å². The maximum Gasteiger partial charge on any atom is 0.220 e. The third kappa shape index (κ3) is 3.45. The predicted octanol–water partition coefficient (Wildman–Crippen LogP) is 3.27. The topological polar surface area (TPSA) is 54.4 Å². The van der Waals surface area contributed by atoms with Crippen molar-refractivity contribution < 1.29 is 9.90 Å². The van der Waals surface area contributed by atoms with Crippen LogP contribution in [-0.2, 0) is 0 Å². The first-order chi connectivity index (χ1) is 9.99. The smallest absolute Gasteiger partial charge is 0.220 e. The number of allylic oxidation sites excluding steroid dienone is 1. The van der Waals surface area contributed by atoms with E-state index in [-0.39, 0.29) is 5.56 Å². The summed E-state index contributed by atoms with van der Waals surface area (Å²) in [6.07, 6.45) is 3.06. The maximum absolute atomic E-state index is 12.1. The summed E-state index contributed by atoms with van der Waals surface area (Å²) >= 11 is 0. The molecule has 21 heavy (non-hydrogen) atoms. The molecule has 1 N–H and O–H groups in total. The molecular formula is C18H16O3. The minimum absolute atomic E-state index is 0.00557. The fraction of sp³-hybridized carbons (Fsp3) is 0.111. The molecule has 0 aliphatic heterocycles. The Hall–Kier alpha value is -2.68. The predicted molar refractivity (Wildman–Crippen MR) is 83.7 cm³/mol. The SMILES string of the molecule is Cc1ccc(/C=C/C(=O)c2ccccc(=O)c2O)c(C)c1. The number of carbonyl (C=O) groups is 1. The zero-order valence-corrected chi connectivity index (χ0v) is 12.0. The highest BCUT2D eigenvalue weighted by molar-refractivity contribution is 6.08. The van der Waals surface area contributed by atoms with E-state index in [0.29, 0.717) is 0 Å². The number of ketones is 1. The van der Waals surface area contributed by atoms with Gasteiger partial charge in [-0.25, -0.2) is 0 Å². The van der Waals surface area contributed by atoms with Crippen LogP contribution in [0.3, 0.4) is 0 Å². The van der Waals surface area contributed by atoms with Crippen LogP contribution in [0.2, 0.25) is 0 Å². The second-order valence-electron chi connectivity index (χ2n) is 4.90. The molecule has 0 aliphatic carbocycles. The second-order valence-corrected chi connectivity index (χ2v) is 4.90. The molecule has 0 saturated carbocycles. The molecule has 0 aromatic heterocycles. The van der Waals surface area contributed by atoms with Gasteiger partial charge in [-0.1, -0.05) is 42.0 Å². The monoisotopic (exact) mass is 280 g/mol. The molecule has 3 nitrogen and oxygen atoms in total. The molecule has 0 saturated heterocycles. The van der Waals surface area contributed by atoms with Gasteiger partial charge in [0.05, 0.1) is 5.56 Å². The zero-order valence-electron chi connectivity index (χ0n) is 12.0. The fourth-order valence-electron chi connectivity index (χ4n) is 2.05. The summed E-state index contributed by atoms with van der Waals surface area (Å²) in [5.41, 5.74) is 2.58. The van der Waals surface area contributed by atoms with Gasteiger partial charge in [0.25, 0.3) is 0 Å². The number of hydrogen-bond acceptors (Lipinski definition) is 3. The highest BCUT2D eigenvalue weighted by Crippen LogP contribution is 2.15. The summed E-state index contributed by atoms with van der Waals surface area (Å²) in [7, 11) is 0. The molecule has 0 radical (unpaired) electrons. The highest BCUT2D eigenvalue weighted by Gasteiger charge is 2.09. The summed E-state index contributed by atoms with van der Waals surface area (Å²) in [6.45, 7) is 3.97. The number of carbonyl (C=O) groups excluding carboxylic acids is 1. The van der Waals surface area contributed by atoms with Crippen LogP contribution < -0.4 is 5.43 Å². The average molecular weight is 280 g/mol. The Labute approximate surface area is 123 Å². The van der Waals surface area contributed by atoms with Crippen molar-refractivity contribution in [3.63, 3.8) is 0 Å². The Balaban J connectivity index is 2.35. The van der Waals surface area contributed by atoms with Crippen LogP contribution in [0, 0.1) is 13.8 Å². The first kappa shape index (κ1) is 14.7. The molecule has 0 atom stereocenters. The summed E-state index contributed by atoms with van der Waals surface area (Å²) in [5, 5.41) is 9.75. The van der Waals surface area contributed by atoms with E-state index in [1.165, 1.54) is 24.3 Å². The highest BCUT2D eigenvalue weighted by atomic mass is 16.3. The van der Waals surface area contributed by atoms with Crippen molar-refractivity contribution in [2.24, 2.45) is 0 Å². The zero-order chi connectivity index (χ0) is 15.4. The molecule has 3 heteroatoms. The number of aromatic hydroxyl groups is 1.